The van der Waals surface area contributed by atoms with Crippen LogP contribution in [0.15, 0.2) is 45.7 Å². The summed E-state index contributed by atoms with van der Waals surface area (Å²) in [5, 5.41) is 9.43. The number of ether oxygens (including phenoxy) is 1. The van der Waals surface area contributed by atoms with Gasteiger partial charge in [0.15, 0.2) is 0 Å². The Morgan fingerprint density at radius 3 is 2.64 bits per heavy atom. The van der Waals surface area contributed by atoms with Crippen molar-refractivity contribution in [2.45, 2.75) is 25.8 Å². The number of benzene rings is 1. The molecule has 3 rings (SSSR count). The number of hydrogen-bond donors (Lipinski definition) is 1. The third-order valence-electron chi connectivity index (χ3n) is 4.26. The Balaban J connectivity index is 1.82. The fraction of sp³-hybridized carbons (Fsp3) is 0.250. The highest BCUT2D eigenvalue weighted by Crippen LogP contribution is 2.35. The van der Waals surface area contributed by atoms with E-state index < -0.39 is 17.9 Å². The molecule has 1 amide bonds. The second-order valence-electron chi connectivity index (χ2n) is 6.12. The summed E-state index contributed by atoms with van der Waals surface area (Å²) in [7, 11) is 1.60. The highest BCUT2D eigenvalue weighted by molar-refractivity contribution is 8.26. The van der Waals surface area contributed by atoms with Crippen LogP contribution >= 0.6 is 24.0 Å². The molecule has 2 heterocycles. The lowest BCUT2D eigenvalue weighted by Crippen LogP contribution is -2.43. The van der Waals surface area contributed by atoms with Crippen LogP contribution in [0.3, 0.4) is 0 Å². The van der Waals surface area contributed by atoms with E-state index in [2.05, 4.69) is 0 Å². The number of carboxylic acids is 1. The topological polar surface area (TPSA) is 80.0 Å². The number of hydrogen-bond acceptors (Lipinski definition) is 6. The van der Waals surface area contributed by atoms with Gasteiger partial charge in [-0.3, -0.25) is 9.69 Å². The van der Waals surface area contributed by atoms with Gasteiger partial charge in [-0.2, -0.15) is 0 Å². The number of carbonyl (C=O) groups is 2. The van der Waals surface area contributed by atoms with Crippen LogP contribution in [0.1, 0.15) is 25.5 Å². The number of rotatable bonds is 7. The lowest BCUT2D eigenvalue weighted by atomic mass is 10.1. The van der Waals surface area contributed by atoms with Gasteiger partial charge in [0.1, 0.15) is 27.6 Å². The van der Waals surface area contributed by atoms with Crippen LogP contribution in [0.4, 0.5) is 0 Å². The fourth-order valence-corrected chi connectivity index (χ4v) is 4.19. The molecule has 8 heteroatoms. The van der Waals surface area contributed by atoms with Crippen molar-refractivity contribution < 1.29 is 23.8 Å². The summed E-state index contributed by atoms with van der Waals surface area (Å²) < 4.78 is 11.2. The zero-order chi connectivity index (χ0) is 20.3. The van der Waals surface area contributed by atoms with Crippen LogP contribution in [-0.4, -0.2) is 39.4 Å². The van der Waals surface area contributed by atoms with Crippen LogP contribution in [0.5, 0.6) is 5.75 Å². The van der Waals surface area contributed by atoms with E-state index in [0.717, 1.165) is 23.1 Å². The summed E-state index contributed by atoms with van der Waals surface area (Å²) in [6.07, 6.45) is 2.57. The van der Waals surface area contributed by atoms with E-state index in [4.69, 9.17) is 21.4 Å². The van der Waals surface area contributed by atoms with Gasteiger partial charge in [0, 0.05) is 11.6 Å². The van der Waals surface area contributed by atoms with E-state index in [9.17, 15) is 14.7 Å². The Kier molecular flexibility index (Phi) is 6.21. The first-order valence-corrected chi connectivity index (χ1v) is 9.91. The van der Waals surface area contributed by atoms with Gasteiger partial charge in [0.05, 0.1) is 12.0 Å². The first-order chi connectivity index (χ1) is 13.4. The Morgan fingerprint density at radius 1 is 1.32 bits per heavy atom. The smallest absolute Gasteiger partial charge is 0.326 e. The minimum Gasteiger partial charge on any atom is -0.497 e. The van der Waals surface area contributed by atoms with E-state index in [1.807, 2.05) is 37.3 Å². The van der Waals surface area contributed by atoms with Gasteiger partial charge in [-0.25, -0.2) is 4.79 Å². The molecule has 1 aromatic heterocycles. The van der Waals surface area contributed by atoms with Gasteiger partial charge < -0.3 is 14.3 Å². The first kappa shape index (κ1) is 20.2. The van der Waals surface area contributed by atoms with Crippen molar-refractivity contribution in [1.29, 1.82) is 0 Å². The molecule has 0 aliphatic carbocycles. The molecule has 0 spiro atoms. The van der Waals surface area contributed by atoms with Crippen LogP contribution in [0, 0.1) is 0 Å². The van der Waals surface area contributed by atoms with Gasteiger partial charge >= 0.3 is 5.97 Å². The van der Waals surface area contributed by atoms with E-state index >= 15 is 0 Å². The predicted octanol–water partition coefficient (Wildman–Crippen LogP) is 4.41. The SMILES string of the molecule is CCCC(C(=O)O)N1C(=O)C(=Cc2ccc(-c3ccc(OC)cc3)o2)SC1=S. The number of carbonyl (C=O) groups excluding carboxylic acids is 1. The monoisotopic (exact) mass is 417 g/mol. The van der Waals surface area contributed by atoms with Gasteiger partial charge in [0.2, 0.25) is 0 Å². The number of carboxylic acid groups (broad SMARTS) is 1. The molecule has 2 aromatic rings. The standard InChI is InChI=1S/C20H19NO5S2/c1-3-4-15(19(23)24)21-18(22)17(28-20(21)27)11-14-9-10-16(26-14)12-5-7-13(25-2)8-6-12/h5-11,15H,3-4H2,1-2H3,(H,23,24). The Bertz CT molecular complexity index is 932. The normalized spacial score (nSPS) is 16.6. The molecule has 0 saturated carbocycles. The summed E-state index contributed by atoms with van der Waals surface area (Å²) in [4.78, 5) is 25.8. The quantitative estimate of drug-likeness (QED) is 0.528. The maximum atomic E-state index is 12.7. The summed E-state index contributed by atoms with van der Waals surface area (Å²) in [6.45, 7) is 1.87. The number of methoxy groups -OCH3 is 1. The summed E-state index contributed by atoms with van der Waals surface area (Å²) in [5.41, 5.74) is 0.877. The average Bonchev–Trinajstić information content (AvgIpc) is 3.25. The van der Waals surface area contributed by atoms with Crippen LogP contribution in [0.25, 0.3) is 17.4 Å². The maximum Gasteiger partial charge on any atom is 0.326 e. The molecule has 1 saturated heterocycles. The van der Waals surface area contributed by atoms with Gasteiger partial charge in [-0.15, -0.1) is 0 Å². The third-order valence-corrected chi connectivity index (χ3v) is 5.59. The highest BCUT2D eigenvalue weighted by Gasteiger charge is 2.40. The number of nitrogens with zero attached hydrogens (tertiary/aromatic N) is 1. The van der Waals surface area contributed by atoms with Crippen molar-refractivity contribution in [3.63, 3.8) is 0 Å². The molecule has 1 aliphatic heterocycles. The minimum absolute atomic E-state index is 0.249. The summed E-state index contributed by atoms with van der Waals surface area (Å²) in [6, 6.07) is 10.0. The van der Waals surface area contributed by atoms with Crippen molar-refractivity contribution in [3.8, 4) is 17.1 Å². The Hall–Kier alpha value is -2.58. The van der Waals surface area contributed by atoms with Crippen molar-refractivity contribution in [3.05, 3.63) is 47.1 Å². The van der Waals surface area contributed by atoms with Crippen molar-refractivity contribution >= 4 is 46.3 Å². The minimum atomic E-state index is -1.06. The zero-order valence-electron chi connectivity index (χ0n) is 15.4. The van der Waals surface area contributed by atoms with Crippen LogP contribution in [-0.2, 0) is 9.59 Å². The number of amides is 1. The molecule has 1 N–H and O–H groups in total. The Morgan fingerprint density at radius 2 is 2.04 bits per heavy atom. The van der Waals surface area contributed by atoms with Crippen LogP contribution in [0.2, 0.25) is 0 Å². The Labute approximate surface area is 172 Å². The number of furan rings is 1. The van der Waals surface area contributed by atoms with E-state index in [1.54, 1.807) is 19.3 Å². The average molecular weight is 418 g/mol. The molecule has 1 aliphatic rings. The molecule has 6 nitrogen and oxygen atoms in total. The van der Waals surface area contributed by atoms with Crippen molar-refractivity contribution in [2.75, 3.05) is 7.11 Å². The largest absolute Gasteiger partial charge is 0.497 e. The third kappa shape index (κ3) is 4.13. The molecule has 1 aromatic carbocycles. The molecule has 1 fully saturated rings. The number of thioether (sulfide) groups is 1. The fourth-order valence-electron chi connectivity index (χ4n) is 2.85. The second kappa shape index (κ2) is 8.62. The first-order valence-electron chi connectivity index (χ1n) is 8.68. The molecule has 1 atom stereocenters. The number of thiocarbonyl (C=S) groups is 1. The van der Waals surface area contributed by atoms with E-state index in [1.165, 1.54) is 4.90 Å². The molecule has 1 unspecified atom stereocenters. The van der Waals surface area contributed by atoms with Gasteiger partial charge in [0.25, 0.3) is 5.91 Å². The van der Waals surface area contributed by atoms with E-state index in [0.29, 0.717) is 29.3 Å². The second-order valence-corrected chi connectivity index (χ2v) is 7.80. The molecular weight excluding hydrogens is 398 g/mol. The predicted molar refractivity (Wildman–Crippen MR) is 112 cm³/mol. The zero-order valence-corrected chi connectivity index (χ0v) is 17.0. The molecular formula is C20H19NO5S2. The van der Waals surface area contributed by atoms with Crippen molar-refractivity contribution in [1.82, 2.24) is 4.90 Å². The molecule has 146 valence electrons. The lowest BCUT2D eigenvalue weighted by Gasteiger charge is -2.22. The summed E-state index contributed by atoms with van der Waals surface area (Å²) in [5.74, 6) is 0.434. The number of aliphatic carboxylic acids is 1. The van der Waals surface area contributed by atoms with Gasteiger partial charge in [-0.05, 0) is 42.8 Å². The lowest BCUT2D eigenvalue weighted by molar-refractivity contribution is -0.145. The highest BCUT2D eigenvalue weighted by atomic mass is 32.2. The van der Waals surface area contributed by atoms with Crippen LogP contribution < -0.4 is 4.74 Å². The molecule has 28 heavy (non-hydrogen) atoms. The maximum absolute atomic E-state index is 12.7. The molecule has 0 radical (unpaired) electrons. The molecule has 0 bridgehead atoms. The van der Waals surface area contributed by atoms with Gasteiger partial charge in [-0.1, -0.05) is 37.3 Å². The summed E-state index contributed by atoms with van der Waals surface area (Å²) >= 11 is 6.33. The van der Waals surface area contributed by atoms with Crippen molar-refractivity contribution in [2.24, 2.45) is 0 Å². The van der Waals surface area contributed by atoms with E-state index in [-0.39, 0.29) is 4.32 Å².